The number of nitrogens with zero attached hydrogens (tertiary/aromatic N) is 4. The SMILES string of the molecule is CC(C)(C)c1cc(-c2cccc(-c3ccc4c(c3)C3(c5ccccc5-c5ccccc53)c3ccccc3-4)c2[N+]2=C=[N+](c3cccc(Oc4ccc5c6ccccc6n(-c6cc(C(C)(C)C)ccn6)c5c4)c3)c3ccccc32)cc(C(C)(C)C)c1. The van der Waals surface area contributed by atoms with E-state index < -0.39 is 5.41 Å². The lowest BCUT2D eigenvalue weighted by Gasteiger charge is -2.30. The van der Waals surface area contributed by atoms with Gasteiger partial charge in [-0.25, -0.2) is 4.98 Å². The van der Waals surface area contributed by atoms with E-state index in [0.717, 1.165) is 73.2 Å². The summed E-state index contributed by atoms with van der Waals surface area (Å²) in [6.45, 7) is 20.7. The summed E-state index contributed by atoms with van der Waals surface area (Å²) in [6.07, 6.45) is 1.93. The topological polar surface area (TPSA) is 33.1 Å². The van der Waals surface area contributed by atoms with E-state index in [2.05, 4.69) is 306 Å². The molecule has 0 radical (unpaired) electrons. The molecule has 2 aromatic heterocycles. The van der Waals surface area contributed by atoms with Gasteiger partial charge in [-0.05, 0) is 152 Å². The first-order valence-corrected chi connectivity index (χ1v) is 29.5. The molecule has 84 heavy (non-hydrogen) atoms. The van der Waals surface area contributed by atoms with Crippen molar-refractivity contribution in [1.29, 1.82) is 0 Å². The monoisotopic (exact) mass is 1090 g/mol. The largest absolute Gasteiger partial charge is 0.503 e. The van der Waals surface area contributed by atoms with E-state index in [1.807, 2.05) is 12.3 Å². The van der Waals surface area contributed by atoms with Crippen molar-refractivity contribution in [3.8, 4) is 61.8 Å². The number of benzene rings is 10. The molecule has 0 atom stereocenters. The molecule has 0 unspecified atom stereocenters. The average molecular weight is 1090 g/mol. The Bertz CT molecular complexity index is 4710. The van der Waals surface area contributed by atoms with E-state index in [4.69, 9.17) is 9.72 Å². The van der Waals surface area contributed by atoms with Crippen molar-refractivity contribution in [1.82, 2.24) is 18.7 Å². The average Bonchev–Trinajstić information content (AvgIpc) is 1.57. The molecule has 5 heteroatoms. The van der Waals surface area contributed by atoms with Crippen LogP contribution in [0.2, 0.25) is 0 Å². The molecule has 5 nitrogen and oxygen atoms in total. The lowest BCUT2D eigenvalue weighted by Crippen LogP contribution is -2.25. The predicted molar refractivity (Wildman–Crippen MR) is 349 cm³/mol. The third kappa shape index (κ3) is 7.94. The van der Waals surface area contributed by atoms with Crippen LogP contribution in [0.5, 0.6) is 11.5 Å². The van der Waals surface area contributed by atoms with Crippen LogP contribution in [0.1, 0.15) is 101 Å². The van der Waals surface area contributed by atoms with Crippen molar-refractivity contribution in [2.24, 2.45) is 0 Å². The predicted octanol–water partition coefficient (Wildman–Crippen LogP) is 20.4. The fraction of sp³-hybridized carbons (Fsp3) is 0.165. The Labute approximate surface area is 492 Å². The molecule has 15 rings (SSSR count). The van der Waals surface area contributed by atoms with E-state index in [-0.39, 0.29) is 16.2 Å². The number of fused-ring (bicyclic) bond motifs is 14. The molecule has 12 aromatic rings. The molecule has 406 valence electrons. The smallest absolute Gasteiger partial charge is 0.457 e. The van der Waals surface area contributed by atoms with Crippen LogP contribution < -0.4 is 13.9 Å². The van der Waals surface area contributed by atoms with Gasteiger partial charge in [-0.3, -0.25) is 4.57 Å². The Kier molecular flexibility index (Phi) is 11.4. The summed E-state index contributed by atoms with van der Waals surface area (Å²) in [7, 11) is 0. The minimum atomic E-state index is -0.489. The highest BCUT2D eigenvalue weighted by molar-refractivity contribution is 6.09. The van der Waals surface area contributed by atoms with E-state index in [9.17, 15) is 0 Å². The minimum absolute atomic E-state index is 0.0339. The Hall–Kier alpha value is -9.67. The molecular weight excluding hydrogens is 1020 g/mol. The molecule has 0 saturated carbocycles. The van der Waals surface area contributed by atoms with Crippen molar-refractivity contribution in [2.75, 3.05) is 0 Å². The van der Waals surface area contributed by atoms with Crippen molar-refractivity contribution in [3.63, 3.8) is 0 Å². The molecule has 3 aliphatic rings. The van der Waals surface area contributed by atoms with Gasteiger partial charge < -0.3 is 4.74 Å². The molecule has 0 amide bonds. The van der Waals surface area contributed by atoms with Gasteiger partial charge in [0, 0.05) is 41.2 Å². The zero-order valence-corrected chi connectivity index (χ0v) is 49.2. The van der Waals surface area contributed by atoms with E-state index in [0.29, 0.717) is 0 Å². The zero-order chi connectivity index (χ0) is 57.4. The van der Waals surface area contributed by atoms with E-state index in [1.54, 1.807) is 0 Å². The van der Waals surface area contributed by atoms with Gasteiger partial charge in [-0.1, -0.05) is 208 Å². The summed E-state index contributed by atoms with van der Waals surface area (Å²) in [6, 6.07) is 89.1. The maximum absolute atomic E-state index is 6.92. The molecule has 10 aromatic carbocycles. The lowest BCUT2D eigenvalue weighted by atomic mass is 9.70. The van der Waals surface area contributed by atoms with Crippen LogP contribution in [-0.2, 0) is 21.7 Å². The lowest BCUT2D eigenvalue weighted by molar-refractivity contribution is 0.483. The summed E-state index contributed by atoms with van der Waals surface area (Å²) >= 11 is 0. The van der Waals surface area contributed by atoms with Gasteiger partial charge in [0.15, 0.2) is 0 Å². The Morgan fingerprint density at radius 1 is 0.393 bits per heavy atom. The van der Waals surface area contributed by atoms with Crippen LogP contribution in [0.15, 0.2) is 237 Å². The highest BCUT2D eigenvalue weighted by Crippen LogP contribution is 2.63. The number of pyridine rings is 1. The Morgan fingerprint density at radius 2 is 0.929 bits per heavy atom. The number of para-hydroxylation sites is 4. The van der Waals surface area contributed by atoms with Crippen LogP contribution in [-0.4, -0.2) is 15.6 Å². The normalized spacial score (nSPS) is 13.8. The van der Waals surface area contributed by atoms with Crippen molar-refractivity contribution in [3.05, 3.63) is 276 Å². The van der Waals surface area contributed by atoms with Crippen LogP contribution in [0.3, 0.4) is 0 Å². The first-order chi connectivity index (χ1) is 40.5. The third-order valence-corrected chi connectivity index (χ3v) is 17.9. The zero-order valence-electron chi connectivity index (χ0n) is 49.2. The van der Waals surface area contributed by atoms with Gasteiger partial charge in [0.05, 0.1) is 33.6 Å². The van der Waals surface area contributed by atoms with Gasteiger partial charge in [0.25, 0.3) is 11.4 Å². The molecule has 0 fully saturated rings. The second-order valence-electron chi connectivity index (χ2n) is 26.2. The molecule has 1 spiro atoms. The number of hydrogen-bond acceptors (Lipinski definition) is 2. The van der Waals surface area contributed by atoms with Crippen molar-refractivity contribution >= 4 is 50.6 Å². The van der Waals surface area contributed by atoms with Crippen molar-refractivity contribution < 1.29 is 4.74 Å². The molecular formula is C79H66N4O+2. The fourth-order valence-electron chi connectivity index (χ4n) is 13.7. The number of rotatable bonds is 7. The standard InChI is InChI=1S/C79H66N4O/c1-76(2,3)52-40-41-80-74(46-52)83-70-33-17-13-27-64(70)65-39-37-57(48-73(65)83)84-56-23-20-22-55(47-56)81-49-82(72-35-19-18-34-71(72)81)75-58(28-21-29-59(75)51-42-53(77(4,5)6)45-54(43-51)78(7,8)9)50-36-38-63-62-26-12-16-32-68(62)79(69(63)44-50)66-30-14-10-24-60(66)61-25-11-15-31-67(61)79/h10-48H,1-9H3/q+2. The maximum Gasteiger partial charge on any atom is 0.503 e. The van der Waals surface area contributed by atoms with E-state index in [1.165, 1.54) is 72.1 Å². The van der Waals surface area contributed by atoms with Crippen LogP contribution >= 0.6 is 0 Å². The second-order valence-corrected chi connectivity index (χ2v) is 26.2. The molecule has 0 saturated heterocycles. The van der Waals surface area contributed by atoms with Gasteiger partial charge in [0.2, 0.25) is 11.4 Å². The first-order valence-electron chi connectivity index (χ1n) is 29.5. The number of hydrogen-bond donors (Lipinski definition) is 0. The van der Waals surface area contributed by atoms with Crippen LogP contribution in [0, 0.1) is 0 Å². The van der Waals surface area contributed by atoms with Crippen LogP contribution in [0.25, 0.3) is 72.1 Å². The second kappa shape index (κ2) is 18.7. The van der Waals surface area contributed by atoms with E-state index >= 15 is 0 Å². The molecule has 0 N–H and O–H groups in total. The third-order valence-electron chi connectivity index (χ3n) is 17.9. The summed E-state index contributed by atoms with van der Waals surface area (Å²) in [5, 5.41) is 2.32. The number of aromatic nitrogens is 2. The summed E-state index contributed by atoms with van der Waals surface area (Å²) < 4.78 is 13.7. The highest BCUT2D eigenvalue weighted by Gasteiger charge is 2.52. The van der Waals surface area contributed by atoms with Gasteiger partial charge in [-0.2, -0.15) is 0 Å². The molecule has 1 aliphatic heterocycles. The molecule has 3 heterocycles. The first kappa shape index (κ1) is 51.2. The highest BCUT2D eigenvalue weighted by atomic mass is 16.5. The minimum Gasteiger partial charge on any atom is -0.457 e. The molecule has 0 bridgehead atoms. The van der Waals surface area contributed by atoms with Gasteiger partial charge >= 0.3 is 6.01 Å². The Balaban J connectivity index is 0.924. The molecule has 2 aliphatic carbocycles. The number of ether oxygens (including phenoxy) is 1. The summed E-state index contributed by atoms with van der Waals surface area (Å²) in [4.78, 5) is 4.94. The fourth-order valence-corrected chi connectivity index (χ4v) is 13.7. The van der Waals surface area contributed by atoms with Crippen LogP contribution in [0.4, 0.5) is 22.7 Å². The maximum atomic E-state index is 6.92. The Morgan fingerprint density at radius 3 is 1.58 bits per heavy atom. The van der Waals surface area contributed by atoms with Gasteiger partial charge in [-0.15, -0.1) is 0 Å². The summed E-state index contributed by atoms with van der Waals surface area (Å²) in [5.74, 6) is 2.34. The van der Waals surface area contributed by atoms with Crippen molar-refractivity contribution in [2.45, 2.75) is 84.0 Å². The quantitative estimate of drug-likeness (QED) is 0.149. The summed E-state index contributed by atoms with van der Waals surface area (Å²) in [5.41, 5.74) is 24.3. The van der Waals surface area contributed by atoms with Gasteiger partial charge in [0.1, 0.15) is 17.3 Å².